The molecule has 1 fully saturated rings. The average Bonchev–Trinajstić information content (AvgIpc) is 3.03. The maximum atomic E-state index is 13.8. The number of amides is 3. The summed E-state index contributed by atoms with van der Waals surface area (Å²) >= 11 is 12.6. The van der Waals surface area contributed by atoms with Gasteiger partial charge in [-0.1, -0.05) is 81.3 Å². The summed E-state index contributed by atoms with van der Waals surface area (Å²) in [6, 6.07) is 11.5. The van der Waals surface area contributed by atoms with Gasteiger partial charge in [-0.25, -0.2) is 9.69 Å². The molecule has 2 aliphatic rings. The molecule has 0 aromatic heterocycles. The number of urea groups is 1. The first-order chi connectivity index (χ1) is 21.4. The molecule has 0 radical (unpaired) electrons. The van der Waals surface area contributed by atoms with Gasteiger partial charge in [-0.05, 0) is 62.4 Å². The van der Waals surface area contributed by atoms with Gasteiger partial charge in [0.25, 0.3) is 0 Å². The number of rotatable bonds is 16. The molecule has 3 amide bonds. The smallest absolute Gasteiger partial charge is 0.331 e. The third-order valence-corrected chi connectivity index (χ3v) is 9.52. The zero-order valence-corrected chi connectivity index (χ0v) is 28.2. The van der Waals surface area contributed by atoms with Crippen LogP contribution in [0, 0.1) is 0 Å². The molecule has 2 aliphatic heterocycles. The molecular weight excluding hydrogens is 595 g/mol. The van der Waals surface area contributed by atoms with Crippen molar-refractivity contribution in [2.24, 2.45) is 0 Å². The van der Waals surface area contributed by atoms with Gasteiger partial charge in [0.05, 0.1) is 28.0 Å². The molecule has 44 heavy (non-hydrogen) atoms. The number of carbonyl (C=O) groups excluding carboxylic acids is 2. The Morgan fingerprint density at radius 1 is 0.841 bits per heavy atom. The van der Waals surface area contributed by atoms with Gasteiger partial charge in [-0.15, -0.1) is 0 Å². The van der Waals surface area contributed by atoms with E-state index >= 15 is 0 Å². The van der Waals surface area contributed by atoms with E-state index in [0.717, 1.165) is 95.3 Å². The third kappa shape index (κ3) is 9.51. The van der Waals surface area contributed by atoms with Gasteiger partial charge < -0.3 is 14.5 Å². The monoisotopic (exact) mass is 644 g/mol. The molecule has 0 N–H and O–H groups in total. The maximum Gasteiger partial charge on any atom is 0.331 e. The number of benzene rings is 2. The standard InChI is InChI=1S/C35H50Cl2N4O3/c1-3-5-7-9-21-40(20-8-6-4-2)35(43)41-32-27-29(17-15-28(32)16-18-33(41)42)44-26-11-10-19-38-22-24-39(25-23-38)31-14-12-13-30(36)34(31)37/h12-15,17,27H,3-11,16,18-26H2,1-2H3. The van der Waals surface area contributed by atoms with Crippen LogP contribution in [0.5, 0.6) is 5.75 Å². The summed E-state index contributed by atoms with van der Waals surface area (Å²) in [5.74, 6) is 0.593. The molecular formula is C35H50Cl2N4O3. The maximum absolute atomic E-state index is 13.8. The van der Waals surface area contributed by atoms with Crippen LogP contribution in [0.3, 0.4) is 0 Å². The van der Waals surface area contributed by atoms with Gasteiger partial charge in [0.1, 0.15) is 5.75 Å². The molecule has 0 atom stereocenters. The predicted molar refractivity (Wildman–Crippen MR) is 183 cm³/mol. The highest BCUT2D eigenvalue weighted by Gasteiger charge is 2.33. The number of ether oxygens (including phenoxy) is 1. The first kappa shape index (κ1) is 34.4. The zero-order valence-electron chi connectivity index (χ0n) is 26.7. The number of hydrogen-bond donors (Lipinski definition) is 0. The van der Waals surface area contributed by atoms with Gasteiger partial charge in [0, 0.05) is 51.8 Å². The van der Waals surface area contributed by atoms with Crippen molar-refractivity contribution in [1.29, 1.82) is 0 Å². The molecule has 0 saturated carbocycles. The van der Waals surface area contributed by atoms with Crippen molar-refractivity contribution >= 4 is 46.5 Å². The highest BCUT2D eigenvalue weighted by Crippen LogP contribution is 2.34. The molecule has 4 rings (SSSR count). The Hall–Kier alpha value is -2.48. The lowest BCUT2D eigenvalue weighted by Crippen LogP contribution is -2.49. The van der Waals surface area contributed by atoms with Crippen LogP contribution in [0.4, 0.5) is 16.2 Å². The number of hydrogen-bond acceptors (Lipinski definition) is 5. The summed E-state index contributed by atoms with van der Waals surface area (Å²) in [4.78, 5) is 35.0. The number of aryl methyl sites for hydroxylation is 1. The van der Waals surface area contributed by atoms with E-state index < -0.39 is 0 Å². The second-order valence-corrected chi connectivity index (χ2v) is 12.8. The summed E-state index contributed by atoms with van der Waals surface area (Å²) in [5.41, 5.74) is 2.73. The van der Waals surface area contributed by atoms with Crippen LogP contribution in [0.25, 0.3) is 0 Å². The molecule has 0 spiro atoms. The van der Waals surface area contributed by atoms with Crippen LogP contribution in [0.2, 0.25) is 10.0 Å². The number of fused-ring (bicyclic) bond motifs is 1. The van der Waals surface area contributed by atoms with E-state index in [4.69, 9.17) is 27.9 Å². The molecule has 2 heterocycles. The SMILES string of the molecule is CCCCCCN(CCCCC)C(=O)N1C(=O)CCc2ccc(OCCCCN3CCN(c4cccc(Cl)c4Cl)CC3)cc21. The van der Waals surface area contributed by atoms with Crippen molar-refractivity contribution in [3.05, 3.63) is 52.0 Å². The zero-order chi connectivity index (χ0) is 31.3. The third-order valence-electron chi connectivity index (χ3n) is 8.71. The molecule has 9 heteroatoms. The van der Waals surface area contributed by atoms with E-state index in [-0.39, 0.29) is 11.9 Å². The van der Waals surface area contributed by atoms with Crippen molar-refractivity contribution in [3.63, 3.8) is 0 Å². The Morgan fingerprint density at radius 2 is 1.57 bits per heavy atom. The van der Waals surface area contributed by atoms with Crippen molar-refractivity contribution in [3.8, 4) is 5.75 Å². The first-order valence-electron chi connectivity index (χ1n) is 16.7. The number of piperazine rings is 1. The Morgan fingerprint density at radius 3 is 2.32 bits per heavy atom. The summed E-state index contributed by atoms with van der Waals surface area (Å²) in [6.07, 6.45) is 10.5. The van der Waals surface area contributed by atoms with E-state index in [1.54, 1.807) is 0 Å². The quantitative estimate of drug-likeness (QED) is 0.172. The van der Waals surface area contributed by atoms with Crippen LogP contribution in [-0.2, 0) is 11.2 Å². The topological polar surface area (TPSA) is 56.3 Å². The van der Waals surface area contributed by atoms with Crippen LogP contribution in [0.1, 0.15) is 83.6 Å². The minimum Gasteiger partial charge on any atom is -0.494 e. The number of nitrogens with zero attached hydrogens (tertiary/aromatic N) is 4. The molecule has 1 saturated heterocycles. The number of carbonyl (C=O) groups is 2. The average molecular weight is 646 g/mol. The molecule has 2 aromatic rings. The van der Waals surface area contributed by atoms with Crippen molar-refractivity contribution in [2.45, 2.75) is 84.5 Å². The fraction of sp³-hybridized carbons (Fsp3) is 0.600. The lowest BCUT2D eigenvalue weighted by Gasteiger charge is -2.36. The van der Waals surface area contributed by atoms with Crippen LogP contribution in [-0.4, -0.2) is 74.2 Å². The van der Waals surface area contributed by atoms with Crippen LogP contribution < -0.4 is 14.5 Å². The van der Waals surface area contributed by atoms with E-state index in [9.17, 15) is 9.59 Å². The highest BCUT2D eigenvalue weighted by atomic mass is 35.5. The van der Waals surface area contributed by atoms with Crippen molar-refractivity contribution in [1.82, 2.24) is 9.80 Å². The van der Waals surface area contributed by atoms with E-state index in [1.165, 1.54) is 11.3 Å². The van der Waals surface area contributed by atoms with E-state index in [2.05, 4.69) is 23.6 Å². The lowest BCUT2D eigenvalue weighted by molar-refractivity contribution is -0.118. The molecule has 0 bridgehead atoms. The normalized spacial score (nSPS) is 15.4. The molecule has 0 unspecified atom stereocenters. The molecule has 242 valence electrons. The number of anilines is 2. The second-order valence-electron chi connectivity index (χ2n) is 12.0. The summed E-state index contributed by atoms with van der Waals surface area (Å²) in [6.45, 7) is 11.2. The number of unbranched alkanes of at least 4 members (excludes halogenated alkanes) is 6. The van der Waals surface area contributed by atoms with Crippen molar-refractivity contribution < 1.29 is 14.3 Å². The Bertz CT molecular complexity index is 1220. The minimum atomic E-state index is -0.182. The lowest BCUT2D eigenvalue weighted by atomic mass is 10.0. The Balaban J connectivity index is 1.27. The van der Waals surface area contributed by atoms with E-state index in [1.807, 2.05) is 41.3 Å². The van der Waals surface area contributed by atoms with Crippen molar-refractivity contribution in [2.75, 3.05) is 62.2 Å². The Kier molecular flexibility index (Phi) is 14.0. The predicted octanol–water partition coefficient (Wildman–Crippen LogP) is 8.45. The van der Waals surface area contributed by atoms with Crippen LogP contribution in [0.15, 0.2) is 36.4 Å². The van der Waals surface area contributed by atoms with Gasteiger partial charge in [0.15, 0.2) is 0 Å². The fourth-order valence-corrected chi connectivity index (χ4v) is 6.47. The van der Waals surface area contributed by atoms with Gasteiger partial charge in [-0.2, -0.15) is 0 Å². The van der Waals surface area contributed by atoms with Crippen LogP contribution >= 0.6 is 23.2 Å². The first-order valence-corrected chi connectivity index (χ1v) is 17.5. The molecule has 0 aliphatic carbocycles. The largest absolute Gasteiger partial charge is 0.494 e. The second kappa shape index (κ2) is 17.9. The Labute approximate surface area is 274 Å². The summed E-state index contributed by atoms with van der Waals surface area (Å²) in [5, 5.41) is 1.23. The molecule has 2 aromatic carbocycles. The summed E-state index contributed by atoms with van der Waals surface area (Å²) in [7, 11) is 0. The number of imide groups is 1. The minimum absolute atomic E-state index is 0.119. The highest BCUT2D eigenvalue weighted by molar-refractivity contribution is 6.43. The summed E-state index contributed by atoms with van der Waals surface area (Å²) < 4.78 is 6.14. The van der Waals surface area contributed by atoms with E-state index in [0.29, 0.717) is 54.0 Å². The van der Waals surface area contributed by atoms with Gasteiger partial charge in [-0.3, -0.25) is 9.69 Å². The fourth-order valence-electron chi connectivity index (χ4n) is 6.05. The van der Waals surface area contributed by atoms with Gasteiger partial charge >= 0.3 is 6.03 Å². The molecule has 7 nitrogen and oxygen atoms in total. The van der Waals surface area contributed by atoms with Gasteiger partial charge in [0.2, 0.25) is 5.91 Å². The number of halogens is 2.